The van der Waals surface area contributed by atoms with Crippen LogP contribution in [0.2, 0.25) is 0 Å². The average Bonchev–Trinajstić information content (AvgIpc) is 1.69. The van der Waals surface area contributed by atoms with Crippen LogP contribution in [0.3, 0.4) is 0 Å². The predicted octanol–water partition coefficient (Wildman–Crippen LogP) is -0.0143. The van der Waals surface area contributed by atoms with Crippen LogP contribution in [0.4, 0.5) is 0 Å². The number of hydrogen-bond acceptors (Lipinski definition) is 1. The summed E-state index contributed by atoms with van der Waals surface area (Å²) in [5.74, 6) is 0. The summed E-state index contributed by atoms with van der Waals surface area (Å²) in [6, 6.07) is 0. The zero-order chi connectivity index (χ0) is 5.11. The molecule has 0 fully saturated rings. The van der Waals surface area contributed by atoms with E-state index in [-0.39, 0.29) is 0 Å². The van der Waals surface area contributed by atoms with Gasteiger partial charge in [0.1, 0.15) is 0 Å². The molecule has 0 bridgehead atoms. The van der Waals surface area contributed by atoms with Crippen LogP contribution in [0.1, 0.15) is 0 Å². The third-order valence-corrected chi connectivity index (χ3v) is 3.22. The van der Waals surface area contributed by atoms with E-state index in [4.69, 9.17) is 4.69 Å². The van der Waals surface area contributed by atoms with Gasteiger partial charge in [0.25, 0.3) is 0 Å². The number of nitrogens with two attached hydrogens (primary N) is 1. The normalized spacial score (nSPS) is 16.9. The van der Waals surface area contributed by atoms with Crippen LogP contribution < -0.4 is 4.69 Å². The number of hydrogen-bond donors (Lipinski definition) is 1. The fraction of sp³-hybridized carbons (Fsp3) is 0. The fourth-order valence-corrected chi connectivity index (χ4v) is 2.08. The Morgan fingerprint density at radius 3 is 2.29 bits per heavy atom. The molecule has 7 heavy (non-hydrogen) atoms. The summed E-state index contributed by atoms with van der Waals surface area (Å²) in [6.07, 6.45) is 6.05. The predicted molar refractivity (Wildman–Crippen MR) is 34.3 cm³/mol. The summed E-state index contributed by atoms with van der Waals surface area (Å²) >= 11 is -1.21. The van der Waals surface area contributed by atoms with Gasteiger partial charge in [-0.1, -0.05) is 0 Å². The second kappa shape index (κ2) is 2.12. The molecule has 1 aliphatic rings. The van der Waals surface area contributed by atoms with Gasteiger partial charge < -0.3 is 0 Å². The molecule has 0 saturated heterocycles. The molecule has 1 heterocycles. The Balaban J connectivity index is 2.82. The van der Waals surface area contributed by atoms with Crippen LogP contribution >= 0.6 is 0 Å². The van der Waals surface area contributed by atoms with E-state index in [1.807, 2.05) is 18.2 Å². The third kappa shape index (κ3) is 1.31. The summed E-state index contributed by atoms with van der Waals surface area (Å²) in [7, 11) is 0. The minimum atomic E-state index is -1.21. The van der Waals surface area contributed by atoms with Crippen LogP contribution in [0.5, 0.6) is 0 Å². The van der Waals surface area contributed by atoms with Gasteiger partial charge in [-0.05, 0) is 0 Å². The van der Waals surface area contributed by atoms with Crippen molar-refractivity contribution in [2.24, 2.45) is 4.69 Å². The molecule has 0 unspecified atom stereocenters. The molecule has 1 aliphatic heterocycles. The Hall–Kier alpha value is -0.307. The molecule has 0 aromatic heterocycles. The van der Waals surface area contributed by atoms with Gasteiger partial charge in [-0.2, -0.15) is 0 Å². The van der Waals surface area contributed by atoms with Gasteiger partial charge in [0.15, 0.2) is 0 Å². The van der Waals surface area contributed by atoms with Gasteiger partial charge in [-0.25, -0.2) is 0 Å². The molecule has 0 atom stereocenters. The number of allylic oxidation sites excluding steroid dienone is 3. The van der Waals surface area contributed by atoms with Gasteiger partial charge in [0.2, 0.25) is 0 Å². The standard InChI is InChI=1S/C5H7GeN/c7-6-4-2-1-3-5-6/h1-5H,7H2. The zero-order valence-electron chi connectivity index (χ0n) is 3.96. The second-order valence-electron chi connectivity index (χ2n) is 1.41. The second-order valence-corrected chi connectivity index (χ2v) is 4.91. The van der Waals surface area contributed by atoms with Gasteiger partial charge in [-0.15, -0.1) is 0 Å². The average molecular weight is 154 g/mol. The molecule has 2 N–H and O–H groups in total. The summed E-state index contributed by atoms with van der Waals surface area (Å²) in [4.78, 5) is 4.22. The van der Waals surface area contributed by atoms with E-state index < -0.39 is 14.1 Å². The summed E-state index contributed by atoms with van der Waals surface area (Å²) in [6.45, 7) is 0. The summed E-state index contributed by atoms with van der Waals surface area (Å²) in [5, 5.41) is 0. The van der Waals surface area contributed by atoms with E-state index in [9.17, 15) is 0 Å². The van der Waals surface area contributed by atoms with Gasteiger partial charge in [0.05, 0.1) is 0 Å². The van der Waals surface area contributed by atoms with Crippen molar-refractivity contribution in [2.45, 2.75) is 0 Å². The molecule has 0 aromatic carbocycles. The topological polar surface area (TPSA) is 26.0 Å². The van der Waals surface area contributed by atoms with Crippen molar-refractivity contribution >= 4 is 19.0 Å². The van der Waals surface area contributed by atoms with Crippen molar-refractivity contribution in [1.29, 1.82) is 0 Å². The molecular formula is C5H7GeN. The van der Waals surface area contributed by atoms with Crippen molar-refractivity contribution in [3.63, 3.8) is 0 Å². The first-order valence-corrected chi connectivity index (χ1v) is 5.83. The molecule has 2 heteroatoms. The molecule has 36 valence electrons. The Labute approximate surface area is 47.4 Å². The van der Waals surface area contributed by atoms with Crippen LogP contribution in [0.15, 0.2) is 23.1 Å². The van der Waals surface area contributed by atoms with Crippen molar-refractivity contribution < 1.29 is 0 Å². The molecule has 0 aliphatic carbocycles. The van der Waals surface area contributed by atoms with Crippen LogP contribution in [-0.4, -0.2) is 19.0 Å². The molecule has 1 nitrogen and oxygen atoms in total. The maximum absolute atomic E-state index is 5.61. The maximum atomic E-state index is 5.61. The van der Waals surface area contributed by atoms with Crippen molar-refractivity contribution in [3.8, 4) is 0 Å². The summed E-state index contributed by atoms with van der Waals surface area (Å²) < 4.78 is 5.61. The first-order chi connectivity index (χ1) is 3.39. The van der Waals surface area contributed by atoms with Crippen molar-refractivity contribution in [2.75, 3.05) is 0 Å². The SMILES string of the molecule is [NH2][Ge]1=[CH]C=CC=[CH]1. The van der Waals surface area contributed by atoms with Gasteiger partial charge >= 0.3 is 46.8 Å². The van der Waals surface area contributed by atoms with Crippen LogP contribution in [0, 0.1) is 0 Å². The Morgan fingerprint density at radius 1 is 1.14 bits per heavy atom. The molecule has 0 saturated carbocycles. The first kappa shape index (κ1) is 4.84. The Bertz CT molecular complexity index is 144. The van der Waals surface area contributed by atoms with Gasteiger partial charge in [0, 0.05) is 0 Å². The van der Waals surface area contributed by atoms with E-state index in [0.29, 0.717) is 0 Å². The summed E-state index contributed by atoms with van der Waals surface area (Å²) in [5.41, 5.74) is 0. The fourth-order valence-electron chi connectivity index (χ4n) is 0.453. The molecule has 0 spiro atoms. The Kier molecular flexibility index (Phi) is 1.47. The van der Waals surface area contributed by atoms with E-state index in [1.54, 1.807) is 0 Å². The molecule has 0 aromatic rings. The molecule has 0 amide bonds. The number of rotatable bonds is 0. The minimum absolute atomic E-state index is 1.21. The van der Waals surface area contributed by atoms with Gasteiger partial charge in [-0.3, -0.25) is 0 Å². The van der Waals surface area contributed by atoms with Crippen LogP contribution in [0.25, 0.3) is 0 Å². The van der Waals surface area contributed by atoms with Crippen LogP contribution in [-0.2, 0) is 0 Å². The van der Waals surface area contributed by atoms with Crippen molar-refractivity contribution in [1.82, 2.24) is 0 Å². The Morgan fingerprint density at radius 2 is 2.00 bits per heavy atom. The van der Waals surface area contributed by atoms with Crippen molar-refractivity contribution in [3.05, 3.63) is 23.1 Å². The molecular weight excluding hydrogens is 147 g/mol. The zero-order valence-corrected chi connectivity index (χ0v) is 6.06. The van der Waals surface area contributed by atoms with E-state index in [2.05, 4.69) is 9.76 Å². The monoisotopic (exact) mass is 155 g/mol. The first-order valence-electron chi connectivity index (χ1n) is 2.20. The quantitative estimate of drug-likeness (QED) is 0.487. The van der Waals surface area contributed by atoms with E-state index in [0.717, 1.165) is 0 Å². The third-order valence-electron chi connectivity index (χ3n) is 0.800. The van der Waals surface area contributed by atoms with E-state index in [1.165, 1.54) is 0 Å². The van der Waals surface area contributed by atoms with E-state index >= 15 is 0 Å². The molecule has 0 radical (unpaired) electrons. The molecule has 1 rings (SSSR count).